The fourth-order valence-corrected chi connectivity index (χ4v) is 4.46. The van der Waals surface area contributed by atoms with Crippen molar-refractivity contribution < 1.29 is 0 Å². The summed E-state index contributed by atoms with van der Waals surface area (Å²) < 4.78 is 2.43. The van der Waals surface area contributed by atoms with Gasteiger partial charge in [-0.1, -0.05) is 18.2 Å². The average Bonchev–Trinajstić information content (AvgIpc) is 2.81. The van der Waals surface area contributed by atoms with Crippen LogP contribution in [-0.4, -0.2) is 36.1 Å². The number of likely N-dealkylation sites (N-methyl/N-ethyl adjacent to an activating group) is 1. The van der Waals surface area contributed by atoms with E-state index >= 15 is 0 Å². The summed E-state index contributed by atoms with van der Waals surface area (Å²) in [4.78, 5) is 2.51. The summed E-state index contributed by atoms with van der Waals surface area (Å²) in [5.41, 5.74) is 4.59. The minimum Gasteiger partial charge on any atom is -0.346 e. The highest BCUT2D eigenvalue weighted by Crippen LogP contribution is 2.42. The molecule has 0 saturated carbocycles. The maximum absolute atomic E-state index is 3.51. The largest absolute Gasteiger partial charge is 0.346 e. The molecular formula is C18H25N3. The molecule has 2 aliphatic rings. The van der Waals surface area contributed by atoms with Crippen LogP contribution in [0.4, 0.5) is 0 Å². The molecule has 21 heavy (non-hydrogen) atoms. The Morgan fingerprint density at radius 1 is 1.10 bits per heavy atom. The molecule has 1 saturated heterocycles. The number of nitrogens with one attached hydrogen (secondary N) is 1. The lowest BCUT2D eigenvalue weighted by molar-refractivity contribution is 0.211. The topological polar surface area (TPSA) is 20.2 Å². The molecule has 1 fully saturated rings. The van der Waals surface area contributed by atoms with Gasteiger partial charge < -0.3 is 9.88 Å². The molecule has 1 aromatic carbocycles. The molecule has 2 aliphatic heterocycles. The molecule has 1 atom stereocenters. The third-order valence-electron chi connectivity index (χ3n) is 5.52. The average molecular weight is 283 g/mol. The van der Waals surface area contributed by atoms with Crippen LogP contribution in [0.3, 0.4) is 0 Å². The zero-order valence-corrected chi connectivity index (χ0v) is 13.1. The molecule has 0 amide bonds. The van der Waals surface area contributed by atoms with Gasteiger partial charge in [-0.15, -0.1) is 0 Å². The van der Waals surface area contributed by atoms with E-state index < -0.39 is 0 Å². The Bertz CT molecular complexity index is 652. The molecule has 0 radical (unpaired) electrons. The Kier molecular flexibility index (Phi) is 3.27. The van der Waals surface area contributed by atoms with Gasteiger partial charge >= 0.3 is 0 Å². The number of nitrogens with zero attached hydrogens (tertiary/aromatic N) is 2. The van der Waals surface area contributed by atoms with Crippen molar-refractivity contribution in [2.24, 2.45) is 13.0 Å². The number of para-hydroxylation sites is 1. The van der Waals surface area contributed by atoms with Crippen LogP contribution in [0.2, 0.25) is 0 Å². The predicted molar refractivity (Wildman–Crippen MR) is 87.6 cm³/mol. The number of aryl methyl sites for hydroxylation is 1. The molecule has 3 nitrogen and oxygen atoms in total. The van der Waals surface area contributed by atoms with Gasteiger partial charge in [-0.25, -0.2) is 0 Å². The summed E-state index contributed by atoms with van der Waals surface area (Å²) in [6, 6.07) is 8.96. The molecular weight excluding hydrogens is 258 g/mol. The Morgan fingerprint density at radius 3 is 2.67 bits per heavy atom. The second-order valence-electron chi connectivity index (χ2n) is 6.83. The molecule has 2 aromatic rings. The van der Waals surface area contributed by atoms with Crippen LogP contribution in [0.25, 0.3) is 10.9 Å². The summed E-state index contributed by atoms with van der Waals surface area (Å²) in [6.45, 7) is 4.67. The van der Waals surface area contributed by atoms with E-state index in [2.05, 4.69) is 53.1 Å². The SMILES string of the molecule is CN1Cc2c(c3ccccc3n2C)C(C2CCNCC2)C1. The molecule has 0 aliphatic carbocycles. The normalized spacial score (nSPS) is 24.4. The molecule has 3 heteroatoms. The van der Waals surface area contributed by atoms with Gasteiger partial charge in [0.25, 0.3) is 0 Å². The molecule has 112 valence electrons. The van der Waals surface area contributed by atoms with E-state index in [1.165, 1.54) is 49.1 Å². The van der Waals surface area contributed by atoms with Crippen molar-refractivity contribution in [3.05, 3.63) is 35.5 Å². The molecule has 4 rings (SSSR count). The summed E-state index contributed by atoms with van der Waals surface area (Å²) in [5, 5.41) is 5.00. The highest BCUT2D eigenvalue weighted by atomic mass is 15.1. The second-order valence-corrected chi connectivity index (χ2v) is 6.83. The monoisotopic (exact) mass is 283 g/mol. The Labute approximate surface area is 126 Å². The standard InChI is InChI=1S/C18H25N3/c1-20-11-15(13-7-9-19-10-8-13)18-14-5-3-4-6-16(14)21(2)17(18)12-20/h3-6,13,15,19H,7-12H2,1-2H3. The number of benzene rings is 1. The smallest absolute Gasteiger partial charge is 0.0483 e. The zero-order valence-electron chi connectivity index (χ0n) is 13.1. The number of hydrogen-bond acceptors (Lipinski definition) is 2. The van der Waals surface area contributed by atoms with E-state index in [0.29, 0.717) is 5.92 Å². The Hall–Kier alpha value is -1.32. The van der Waals surface area contributed by atoms with Gasteiger partial charge in [0.1, 0.15) is 0 Å². The van der Waals surface area contributed by atoms with E-state index in [0.717, 1.165) is 12.5 Å². The summed E-state index contributed by atoms with van der Waals surface area (Å²) in [7, 11) is 4.51. The lowest BCUT2D eigenvalue weighted by Gasteiger charge is -2.38. The first kappa shape index (κ1) is 13.4. The molecule has 1 aromatic heterocycles. The van der Waals surface area contributed by atoms with Crippen molar-refractivity contribution in [2.45, 2.75) is 25.3 Å². The fourth-order valence-electron chi connectivity index (χ4n) is 4.46. The predicted octanol–water partition coefficient (Wildman–Crippen LogP) is 2.71. The van der Waals surface area contributed by atoms with Crippen molar-refractivity contribution in [3.63, 3.8) is 0 Å². The quantitative estimate of drug-likeness (QED) is 0.868. The van der Waals surface area contributed by atoms with Crippen molar-refractivity contribution in [1.29, 1.82) is 0 Å². The minimum absolute atomic E-state index is 0.701. The highest BCUT2D eigenvalue weighted by Gasteiger charge is 2.34. The first-order valence-corrected chi connectivity index (χ1v) is 8.21. The van der Waals surface area contributed by atoms with Crippen LogP contribution in [-0.2, 0) is 13.6 Å². The zero-order chi connectivity index (χ0) is 14.4. The first-order valence-electron chi connectivity index (χ1n) is 8.21. The van der Waals surface area contributed by atoms with Crippen LogP contribution in [0.15, 0.2) is 24.3 Å². The number of hydrogen-bond donors (Lipinski definition) is 1. The van der Waals surface area contributed by atoms with Gasteiger partial charge in [0, 0.05) is 42.7 Å². The maximum Gasteiger partial charge on any atom is 0.0483 e. The maximum atomic E-state index is 3.51. The minimum atomic E-state index is 0.701. The number of fused-ring (bicyclic) bond motifs is 3. The summed E-state index contributed by atoms with van der Waals surface area (Å²) >= 11 is 0. The lowest BCUT2D eigenvalue weighted by Crippen LogP contribution is -2.38. The summed E-state index contributed by atoms with van der Waals surface area (Å²) in [5.74, 6) is 1.53. The van der Waals surface area contributed by atoms with Gasteiger partial charge in [-0.05, 0) is 50.5 Å². The van der Waals surface area contributed by atoms with Crippen LogP contribution < -0.4 is 5.32 Å². The number of piperidine rings is 1. The van der Waals surface area contributed by atoms with Crippen LogP contribution in [0.5, 0.6) is 0 Å². The third-order valence-corrected chi connectivity index (χ3v) is 5.52. The number of aromatic nitrogens is 1. The fraction of sp³-hybridized carbons (Fsp3) is 0.556. The van der Waals surface area contributed by atoms with Crippen molar-refractivity contribution in [3.8, 4) is 0 Å². The van der Waals surface area contributed by atoms with Crippen molar-refractivity contribution >= 4 is 10.9 Å². The van der Waals surface area contributed by atoms with E-state index in [4.69, 9.17) is 0 Å². The van der Waals surface area contributed by atoms with Crippen molar-refractivity contribution in [1.82, 2.24) is 14.8 Å². The lowest BCUT2D eigenvalue weighted by atomic mass is 9.77. The van der Waals surface area contributed by atoms with Gasteiger partial charge in [0.2, 0.25) is 0 Å². The molecule has 0 spiro atoms. The van der Waals surface area contributed by atoms with Gasteiger partial charge in [-0.3, -0.25) is 4.90 Å². The van der Waals surface area contributed by atoms with Crippen LogP contribution in [0, 0.1) is 5.92 Å². The van der Waals surface area contributed by atoms with Crippen molar-refractivity contribution in [2.75, 3.05) is 26.7 Å². The van der Waals surface area contributed by atoms with E-state index in [1.54, 1.807) is 5.56 Å². The molecule has 1 unspecified atom stereocenters. The van der Waals surface area contributed by atoms with Gasteiger partial charge in [-0.2, -0.15) is 0 Å². The molecule has 0 bridgehead atoms. The first-order chi connectivity index (χ1) is 10.3. The number of rotatable bonds is 1. The second kappa shape index (κ2) is 5.15. The van der Waals surface area contributed by atoms with Crippen LogP contribution in [0.1, 0.15) is 30.0 Å². The van der Waals surface area contributed by atoms with Crippen LogP contribution >= 0.6 is 0 Å². The van der Waals surface area contributed by atoms with E-state index in [-0.39, 0.29) is 0 Å². The molecule has 1 N–H and O–H groups in total. The Balaban J connectivity index is 1.86. The van der Waals surface area contributed by atoms with E-state index in [1.807, 2.05) is 0 Å². The highest BCUT2D eigenvalue weighted by molar-refractivity contribution is 5.86. The van der Waals surface area contributed by atoms with Gasteiger partial charge in [0.05, 0.1) is 0 Å². The van der Waals surface area contributed by atoms with E-state index in [9.17, 15) is 0 Å². The summed E-state index contributed by atoms with van der Waals surface area (Å²) in [6.07, 6.45) is 2.64. The third kappa shape index (κ3) is 2.11. The Morgan fingerprint density at radius 2 is 1.86 bits per heavy atom. The van der Waals surface area contributed by atoms with Gasteiger partial charge in [0.15, 0.2) is 0 Å². The molecule has 3 heterocycles.